The van der Waals surface area contributed by atoms with Gasteiger partial charge in [0.05, 0.1) is 19.2 Å². The third-order valence-corrected chi connectivity index (χ3v) is 8.86. The number of nitrogens with zero attached hydrogens (tertiary/aromatic N) is 4. The van der Waals surface area contributed by atoms with Crippen molar-refractivity contribution in [2.24, 2.45) is 5.14 Å². The Hall–Kier alpha value is -3.60. The van der Waals surface area contributed by atoms with Crippen molar-refractivity contribution < 1.29 is 13.2 Å². The number of aryl methyl sites for hydroxylation is 3. The van der Waals surface area contributed by atoms with Crippen LogP contribution in [0.4, 0.5) is 0 Å². The first-order valence-corrected chi connectivity index (χ1v) is 14.1. The number of methoxy groups -OCH3 is 1. The van der Waals surface area contributed by atoms with E-state index < -0.39 is 10.0 Å². The van der Waals surface area contributed by atoms with E-state index in [0.29, 0.717) is 28.4 Å². The van der Waals surface area contributed by atoms with Crippen molar-refractivity contribution in [3.05, 3.63) is 77.4 Å². The molecule has 1 aromatic carbocycles. The Kier molecular flexibility index (Phi) is 6.57. The number of ether oxygens (including phenoxy) is 1. The molecule has 4 heterocycles. The molecule has 8 nitrogen and oxygen atoms in total. The molecule has 0 radical (unpaired) electrons. The Labute approximate surface area is 219 Å². The summed E-state index contributed by atoms with van der Waals surface area (Å²) in [6, 6.07) is 15.3. The second kappa shape index (κ2) is 9.70. The molecule has 0 amide bonds. The molecule has 0 saturated carbocycles. The van der Waals surface area contributed by atoms with Crippen LogP contribution < -0.4 is 9.88 Å². The lowest BCUT2D eigenvalue weighted by molar-refractivity contribution is 0.400. The molecule has 37 heavy (non-hydrogen) atoms. The molecular formula is C27H27N5O3S2. The van der Waals surface area contributed by atoms with Crippen molar-refractivity contribution >= 4 is 32.5 Å². The highest BCUT2D eigenvalue weighted by Crippen LogP contribution is 2.42. The van der Waals surface area contributed by atoms with Gasteiger partial charge in [0.2, 0.25) is 15.9 Å². The summed E-state index contributed by atoms with van der Waals surface area (Å²) < 4.78 is 32.6. The lowest BCUT2D eigenvalue weighted by Gasteiger charge is -2.10. The largest absolute Gasteiger partial charge is 0.481 e. The van der Waals surface area contributed by atoms with Gasteiger partial charge in [0.25, 0.3) is 0 Å². The third-order valence-electron chi connectivity index (χ3n) is 6.21. The van der Waals surface area contributed by atoms with Crippen molar-refractivity contribution in [1.82, 2.24) is 19.5 Å². The molecule has 5 rings (SSSR count). The number of hydrogen-bond donors (Lipinski definition) is 1. The van der Waals surface area contributed by atoms with Gasteiger partial charge in [-0.2, -0.15) is 0 Å². The maximum atomic E-state index is 12.5. The fourth-order valence-corrected chi connectivity index (χ4v) is 6.66. The smallest absolute Gasteiger partial charge is 0.248 e. The second-order valence-electron chi connectivity index (χ2n) is 8.83. The summed E-state index contributed by atoms with van der Waals surface area (Å²) in [7, 11) is -2.41. The van der Waals surface area contributed by atoms with E-state index in [0.717, 1.165) is 57.1 Å². The van der Waals surface area contributed by atoms with Gasteiger partial charge in [-0.15, -0.1) is 11.3 Å². The van der Waals surface area contributed by atoms with Gasteiger partial charge in [-0.1, -0.05) is 31.2 Å². The molecule has 4 aromatic heterocycles. The molecule has 0 aliphatic carbocycles. The standard InChI is InChI=1S/C27H27N5O3S2/c1-5-23-31-24-16(2)13-17(3)30-25(24)32(23)15-18-8-10-19(11-9-18)21-14-22(36-27(21)37(28,33)34)20-7-6-12-29-26(20)35-4/h6-14H,5,15H2,1-4H3,(H2,28,33,34). The molecular weight excluding hydrogens is 506 g/mol. The molecule has 0 aliphatic rings. The molecule has 0 bridgehead atoms. The fourth-order valence-electron chi connectivity index (χ4n) is 4.52. The van der Waals surface area contributed by atoms with E-state index in [1.165, 1.54) is 7.11 Å². The van der Waals surface area contributed by atoms with Crippen LogP contribution in [0.3, 0.4) is 0 Å². The van der Waals surface area contributed by atoms with Gasteiger partial charge < -0.3 is 9.30 Å². The monoisotopic (exact) mass is 533 g/mol. The summed E-state index contributed by atoms with van der Waals surface area (Å²) in [5, 5.41) is 5.60. The Morgan fingerprint density at radius 1 is 1.05 bits per heavy atom. The van der Waals surface area contributed by atoms with Crippen LogP contribution in [0.2, 0.25) is 0 Å². The van der Waals surface area contributed by atoms with Gasteiger partial charge in [0.1, 0.15) is 15.6 Å². The van der Waals surface area contributed by atoms with Crippen LogP contribution in [-0.4, -0.2) is 35.0 Å². The predicted molar refractivity (Wildman–Crippen MR) is 146 cm³/mol. The number of benzene rings is 1. The highest BCUT2D eigenvalue weighted by molar-refractivity contribution is 7.91. The molecule has 190 valence electrons. The first-order chi connectivity index (χ1) is 17.7. The van der Waals surface area contributed by atoms with Crippen LogP contribution >= 0.6 is 11.3 Å². The van der Waals surface area contributed by atoms with Crippen LogP contribution in [0, 0.1) is 13.8 Å². The maximum Gasteiger partial charge on any atom is 0.248 e. The molecule has 0 atom stereocenters. The summed E-state index contributed by atoms with van der Waals surface area (Å²) in [6.45, 7) is 6.74. The van der Waals surface area contributed by atoms with Gasteiger partial charge >= 0.3 is 0 Å². The van der Waals surface area contributed by atoms with Gasteiger partial charge in [-0.25, -0.2) is 28.5 Å². The average molecular weight is 534 g/mol. The highest BCUT2D eigenvalue weighted by Gasteiger charge is 2.22. The van der Waals surface area contributed by atoms with Crippen molar-refractivity contribution in [3.63, 3.8) is 0 Å². The molecule has 2 N–H and O–H groups in total. The Bertz CT molecular complexity index is 1720. The fraction of sp³-hybridized carbons (Fsp3) is 0.222. The minimum Gasteiger partial charge on any atom is -0.481 e. The number of hydrogen-bond acceptors (Lipinski definition) is 7. The summed E-state index contributed by atoms with van der Waals surface area (Å²) >= 11 is 1.11. The minimum atomic E-state index is -3.94. The zero-order valence-electron chi connectivity index (χ0n) is 21.0. The van der Waals surface area contributed by atoms with Crippen LogP contribution in [0.15, 0.2) is 58.9 Å². The number of nitrogens with two attached hydrogens (primary N) is 1. The first kappa shape index (κ1) is 25.1. The number of fused-ring (bicyclic) bond motifs is 1. The number of imidazole rings is 1. The average Bonchev–Trinajstić information content (AvgIpc) is 3.47. The van der Waals surface area contributed by atoms with Crippen LogP contribution in [-0.2, 0) is 23.0 Å². The molecule has 0 spiro atoms. The van der Waals surface area contributed by atoms with Crippen LogP contribution in [0.25, 0.3) is 32.7 Å². The van der Waals surface area contributed by atoms with Crippen LogP contribution in [0.5, 0.6) is 5.88 Å². The van der Waals surface area contributed by atoms with Crippen LogP contribution in [0.1, 0.15) is 29.6 Å². The van der Waals surface area contributed by atoms with Crippen molar-refractivity contribution in [2.75, 3.05) is 7.11 Å². The van der Waals surface area contributed by atoms with Gasteiger partial charge in [-0.05, 0) is 54.8 Å². The summed E-state index contributed by atoms with van der Waals surface area (Å²) in [5.41, 5.74) is 6.94. The van der Waals surface area contributed by atoms with E-state index in [2.05, 4.69) is 23.4 Å². The highest BCUT2D eigenvalue weighted by atomic mass is 32.2. The lowest BCUT2D eigenvalue weighted by atomic mass is 10.1. The van der Waals surface area contributed by atoms with Gasteiger partial charge in [0, 0.05) is 28.8 Å². The summed E-state index contributed by atoms with van der Waals surface area (Å²) in [5.74, 6) is 1.40. The van der Waals surface area contributed by atoms with Crippen molar-refractivity contribution in [3.8, 4) is 27.4 Å². The Balaban J connectivity index is 1.54. The number of thiophene rings is 1. The zero-order chi connectivity index (χ0) is 26.3. The van der Waals surface area contributed by atoms with Gasteiger partial charge in [0.15, 0.2) is 5.65 Å². The molecule has 0 aliphatic heterocycles. The number of sulfonamides is 1. The molecule has 0 saturated heterocycles. The molecule has 0 unspecified atom stereocenters. The van der Waals surface area contributed by atoms with Crippen molar-refractivity contribution in [1.29, 1.82) is 0 Å². The first-order valence-electron chi connectivity index (χ1n) is 11.8. The number of rotatable bonds is 7. The summed E-state index contributed by atoms with van der Waals surface area (Å²) in [4.78, 5) is 14.5. The van der Waals surface area contributed by atoms with E-state index in [9.17, 15) is 8.42 Å². The van der Waals surface area contributed by atoms with E-state index in [4.69, 9.17) is 19.8 Å². The third kappa shape index (κ3) is 4.75. The van der Waals surface area contributed by atoms with E-state index in [-0.39, 0.29) is 4.21 Å². The van der Waals surface area contributed by atoms with E-state index in [1.54, 1.807) is 12.3 Å². The zero-order valence-corrected chi connectivity index (χ0v) is 22.7. The topological polar surface area (TPSA) is 113 Å². The number of primary sulfonamides is 1. The lowest BCUT2D eigenvalue weighted by Crippen LogP contribution is -2.11. The molecule has 0 fully saturated rings. The van der Waals surface area contributed by atoms with E-state index >= 15 is 0 Å². The Morgan fingerprint density at radius 3 is 2.49 bits per heavy atom. The van der Waals surface area contributed by atoms with Gasteiger partial charge in [-0.3, -0.25) is 0 Å². The molecule has 10 heteroatoms. The maximum absolute atomic E-state index is 12.5. The van der Waals surface area contributed by atoms with E-state index in [1.807, 2.05) is 49.4 Å². The van der Waals surface area contributed by atoms with Crippen molar-refractivity contribution in [2.45, 2.75) is 37.9 Å². The number of aromatic nitrogens is 4. The SMILES string of the molecule is CCc1nc2c(C)cc(C)nc2n1Cc1ccc(-c2cc(-c3cccnc3OC)sc2S(N)(=O)=O)cc1. The summed E-state index contributed by atoms with van der Waals surface area (Å²) in [6.07, 6.45) is 2.42. The molecule has 5 aromatic rings. The second-order valence-corrected chi connectivity index (χ2v) is 11.6. The predicted octanol–water partition coefficient (Wildman–Crippen LogP) is 5.11. The Morgan fingerprint density at radius 2 is 1.81 bits per heavy atom. The normalized spacial score (nSPS) is 11.8. The number of pyridine rings is 2. The minimum absolute atomic E-state index is 0.102. The quantitative estimate of drug-likeness (QED) is 0.311.